The Kier molecular flexibility index (Phi) is 3.09. The molecule has 0 aliphatic heterocycles. The van der Waals surface area contributed by atoms with E-state index < -0.39 is 0 Å². The number of aromatic nitrogens is 1. The van der Waals surface area contributed by atoms with Gasteiger partial charge in [0.05, 0.1) is 38.6 Å². The lowest BCUT2D eigenvalue weighted by atomic mass is 10.2. The van der Waals surface area contributed by atoms with Crippen molar-refractivity contribution in [2.75, 3.05) is 14.2 Å². The van der Waals surface area contributed by atoms with E-state index in [9.17, 15) is 0 Å². The van der Waals surface area contributed by atoms with Crippen LogP contribution in [-0.4, -0.2) is 19.2 Å². The minimum atomic E-state index is 0.278. The standard InChI is InChI=1S/C9H10N2O2/c1-12-8-5-7(3-4-10)11-6-9(8)13-2/h5-6H,3H2,1-2H3. The highest BCUT2D eigenvalue weighted by atomic mass is 16.5. The van der Waals surface area contributed by atoms with Crippen LogP contribution in [0, 0.1) is 11.3 Å². The van der Waals surface area contributed by atoms with Gasteiger partial charge in [-0.1, -0.05) is 0 Å². The van der Waals surface area contributed by atoms with Gasteiger partial charge in [-0.15, -0.1) is 0 Å². The van der Waals surface area contributed by atoms with Crippen LogP contribution in [0.2, 0.25) is 0 Å². The molecule has 0 amide bonds. The Labute approximate surface area is 76.7 Å². The van der Waals surface area contributed by atoms with Crippen molar-refractivity contribution in [3.8, 4) is 17.6 Å². The van der Waals surface area contributed by atoms with E-state index in [0.29, 0.717) is 17.2 Å². The number of rotatable bonds is 3. The number of pyridine rings is 1. The van der Waals surface area contributed by atoms with Crippen molar-refractivity contribution in [3.63, 3.8) is 0 Å². The second-order valence-corrected chi connectivity index (χ2v) is 2.37. The van der Waals surface area contributed by atoms with Crippen LogP contribution in [0.5, 0.6) is 11.5 Å². The fourth-order valence-electron chi connectivity index (χ4n) is 0.955. The highest BCUT2D eigenvalue weighted by Crippen LogP contribution is 2.25. The van der Waals surface area contributed by atoms with Gasteiger partial charge < -0.3 is 9.47 Å². The van der Waals surface area contributed by atoms with Gasteiger partial charge in [-0.3, -0.25) is 4.98 Å². The van der Waals surface area contributed by atoms with Crippen LogP contribution >= 0.6 is 0 Å². The van der Waals surface area contributed by atoms with Gasteiger partial charge >= 0.3 is 0 Å². The van der Waals surface area contributed by atoms with E-state index in [0.717, 1.165) is 0 Å². The molecule has 0 N–H and O–H groups in total. The van der Waals surface area contributed by atoms with Gasteiger partial charge in [0, 0.05) is 6.07 Å². The van der Waals surface area contributed by atoms with Gasteiger partial charge in [-0.2, -0.15) is 5.26 Å². The first-order valence-electron chi connectivity index (χ1n) is 3.75. The third-order valence-corrected chi connectivity index (χ3v) is 1.59. The van der Waals surface area contributed by atoms with Gasteiger partial charge in [0.1, 0.15) is 0 Å². The molecule has 13 heavy (non-hydrogen) atoms. The Morgan fingerprint density at radius 2 is 2.08 bits per heavy atom. The van der Waals surface area contributed by atoms with E-state index in [-0.39, 0.29) is 6.42 Å². The molecular weight excluding hydrogens is 168 g/mol. The lowest BCUT2D eigenvalue weighted by molar-refractivity contribution is 0.352. The molecule has 0 atom stereocenters. The Morgan fingerprint density at radius 1 is 1.38 bits per heavy atom. The predicted molar refractivity (Wildman–Crippen MR) is 46.7 cm³/mol. The largest absolute Gasteiger partial charge is 0.493 e. The first-order valence-corrected chi connectivity index (χ1v) is 3.75. The number of ether oxygens (including phenoxy) is 2. The lowest BCUT2D eigenvalue weighted by Gasteiger charge is -2.06. The van der Waals surface area contributed by atoms with Crippen LogP contribution in [0.4, 0.5) is 0 Å². The average Bonchev–Trinajstić information content (AvgIpc) is 2.18. The summed E-state index contributed by atoms with van der Waals surface area (Å²) >= 11 is 0. The highest BCUT2D eigenvalue weighted by molar-refractivity contribution is 5.39. The first kappa shape index (κ1) is 9.33. The van der Waals surface area contributed by atoms with Crippen LogP contribution in [0.3, 0.4) is 0 Å². The summed E-state index contributed by atoms with van der Waals surface area (Å²) in [7, 11) is 3.09. The monoisotopic (exact) mass is 178 g/mol. The minimum Gasteiger partial charge on any atom is -0.493 e. The summed E-state index contributed by atoms with van der Waals surface area (Å²) in [6.45, 7) is 0. The molecule has 1 aromatic heterocycles. The zero-order valence-electron chi connectivity index (χ0n) is 7.57. The third kappa shape index (κ3) is 2.09. The molecular formula is C9H10N2O2. The second kappa shape index (κ2) is 4.31. The molecule has 0 bridgehead atoms. The zero-order valence-corrected chi connectivity index (χ0v) is 7.57. The molecule has 4 nitrogen and oxygen atoms in total. The lowest BCUT2D eigenvalue weighted by Crippen LogP contribution is -1.94. The Bertz CT molecular complexity index is 331. The van der Waals surface area contributed by atoms with Crippen molar-refractivity contribution in [3.05, 3.63) is 18.0 Å². The molecule has 1 rings (SSSR count). The fourth-order valence-corrected chi connectivity index (χ4v) is 0.955. The van der Waals surface area contributed by atoms with Crippen molar-refractivity contribution >= 4 is 0 Å². The molecule has 0 aliphatic carbocycles. The van der Waals surface area contributed by atoms with Gasteiger partial charge in [0.15, 0.2) is 11.5 Å². The zero-order chi connectivity index (χ0) is 9.68. The molecule has 0 unspecified atom stereocenters. The molecule has 0 aliphatic rings. The first-order chi connectivity index (χ1) is 6.31. The molecule has 0 aromatic carbocycles. The number of methoxy groups -OCH3 is 2. The Balaban J connectivity index is 3.00. The summed E-state index contributed by atoms with van der Waals surface area (Å²) in [5.74, 6) is 1.17. The number of nitrogens with zero attached hydrogens (tertiary/aromatic N) is 2. The maximum absolute atomic E-state index is 8.45. The molecule has 1 aromatic rings. The Hall–Kier alpha value is -1.76. The topological polar surface area (TPSA) is 55.1 Å². The number of hydrogen-bond donors (Lipinski definition) is 0. The van der Waals surface area contributed by atoms with Crippen LogP contribution in [0.25, 0.3) is 0 Å². The van der Waals surface area contributed by atoms with E-state index in [1.54, 1.807) is 26.5 Å². The quantitative estimate of drug-likeness (QED) is 0.697. The smallest absolute Gasteiger partial charge is 0.179 e. The molecule has 0 saturated heterocycles. The third-order valence-electron chi connectivity index (χ3n) is 1.59. The molecule has 0 saturated carbocycles. The summed E-state index contributed by atoms with van der Waals surface area (Å²) in [4.78, 5) is 4.02. The normalized spacial score (nSPS) is 9.00. The summed E-state index contributed by atoms with van der Waals surface area (Å²) in [5, 5.41) is 8.45. The maximum atomic E-state index is 8.45. The van der Waals surface area contributed by atoms with E-state index in [2.05, 4.69) is 4.98 Å². The molecule has 0 fully saturated rings. The van der Waals surface area contributed by atoms with Crippen molar-refractivity contribution in [2.45, 2.75) is 6.42 Å². The fraction of sp³-hybridized carbons (Fsp3) is 0.333. The summed E-state index contributed by atoms with van der Waals surface area (Å²) in [5.41, 5.74) is 0.681. The SMILES string of the molecule is COc1cnc(CC#N)cc1OC. The van der Waals surface area contributed by atoms with Crippen LogP contribution in [-0.2, 0) is 6.42 Å². The minimum absolute atomic E-state index is 0.278. The van der Waals surface area contributed by atoms with Crippen molar-refractivity contribution in [2.24, 2.45) is 0 Å². The predicted octanol–water partition coefficient (Wildman–Crippen LogP) is 1.16. The van der Waals surface area contributed by atoms with Crippen LogP contribution in [0.15, 0.2) is 12.3 Å². The molecule has 0 spiro atoms. The molecule has 4 heteroatoms. The van der Waals surface area contributed by atoms with Gasteiger partial charge in [0.25, 0.3) is 0 Å². The van der Waals surface area contributed by atoms with E-state index in [1.807, 2.05) is 6.07 Å². The van der Waals surface area contributed by atoms with E-state index >= 15 is 0 Å². The number of nitriles is 1. The van der Waals surface area contributed by atoms with Crippen LogP contribution < -0.4 is 9.47 Å². The maximum Gasteiger partial charge on any atom is 0.179 e. The number of hydrogen-bond acceptors (Lipinski definition) is 4. The van der Waals surface area contributed by atoms with Crippen LogP contribution in [0.1, 0.15) is 5.69 Å². The van der Waals surface area contributed by atoms with E-state index in [1.165, 1.54) is 0 Å². The molecule has 68 valence electrons. The molecule has 1 heterocycles. The van der Waals surface area contributed by atoms with Gasteiger partial charge in [-0.05, 0) is 0 Å². The van der Waals surface area contributed by atoms with Gasteiger partial charge in [-0.25, -0.2) is 0 Å². The molecule has 0 radical (unpaired) electrons. The van der Waals surface area contributed by atoms with Crippen molar-refractivity contribution in [1.29, 1.82) is 5.26 Å². The average molecular weight is 178 g/mol. The summed E-state index contributed by atoms with van der Waals surface area (Å²) < 4.78 is 10.0. The van der Waals surface area contributed by atoms with Gasteiger partial charge in [0.2, 0.25) is 0 Å². The Morgan fingerprint density at radius 3 is 2.62 bits per heavy atom. The highest BCUT2D eigenvalue weighted by Gasteiger charge is 2.04. The van der Waals surface area contributed by atoms with Crippen molar-refractivity contribution < 1.29 is 9.47 Å². The second-order valence-electron chi connectivity index (χ2n) is 2.37. The van der Waals surface area contributed by atoms with Crippen molar-refractivity contribution in [1.82, 2.24) is 4.98 Å². The summed E-state index contributed by atoms with van der Waals surface area (Å²) in [6, 6.07) is 3.71. The summed E-state index contributed by atoms with van der Waals surface area (Å²) in [6.07, 6.45) is 1.83. The van der Waals surface area contributed by atoms with E-state index in [4.69, 9.17) is 14.7 Å².